The highest BCUT2D eigenvalue weighted by atomic mass is 32.2. The van der Waals surface area contributed by atoms with Crippen LogP contribution < -0.4 is 5.84 Å². The molecule has 0 aliphatic rings. The third-order valence-electron chi connectivity index (χ3n) is 3.04. The van der Waals surface area contributed by atoms with E-state index in [0.29, 0.717) is 16.5 Å². The molecule has 0 aliphatic heterocycles. The maximum Gasteiger partial charge on any atom is 0.210 e. The summed E-state index contributed by atoms with van der Waals surface area (Å²) in [7, 11) is 0. The number of thioether (sulfide) groups is 1. The number of aryl methyl sites for hydroxylation is 1. The van der Waals surface area contributed by atoms with Crippen molar-refractivity contribution in [1.82, 2.24) is 14.9 Å². The average molecular weight is 305 g/mol. The Kier molecular flexibility index (Phi) is 5.17. The molecule has 0 bridgehead atoms. The van der Waals surface area contributed by atoms with E-state index in [4.69, 9.17) is 11.1 Å². The highest BCUT2D eigenvalue weighted by Gasteiger charge is 2.11. The summed E-state index contributed by atoms with van der Waals surface area (Å²) in [5, 5.41) is 17.7. The number of nitrogens with zero attached hydrogens (tertiary/aromatic N) is 4. The smallest absolute Gasteiger partial charge is 0.210 e. The second-order valence-electron chi connectivity index (χ2n) is 4.57. The van der Waals surface area contributed by atoms with E-state index < -0.39 is 5.82 Å². The molecule has 0 spiro atoms. The van der Waals surface area contributed by atoms with Crippen LogP contribution >= 0.6 is 11.8 Å². The van der Waals surface area contributed by atoms with Gasteiger partial charge in [0.25, 0.3) is 0 Å². The maximum absolute atomic E-state index is 13.1. The molecule has 0 saturated carbocycles. The number of nitrogens with two attached hydrogens (primary N) is 1. The summed E-state index contributed by atoms with van der Waals surface area (Å²) in [5.74, 6) is 6.78. The predicted molar refractivity (Wildman–Crippen MR) is 79.5 cm³/mol. The Labute approximate surface area is 126 Å². The highest BCUT2D eigenvalue weighted by Crippen LogP contribution is 2.23. The molecule has 21 heavy (non-hydrogen) atoms. The van der Waals surface area contributed by atoms with Gasteiger partial charge in [-0.2, -0.15) is 5.26 Å². The lowest BCUT2D eigenvalue weighted by Gasteiger charge is -2.05. The minimum Gasteiger partial charge on any atom is -0.336 e. The van der Waals surface area contributed by atoms with Crippen LogP contribution in [0.5, 0.6) is 0 Å². The fourth-order valence-electron chi connectivity index (χ4n) is 1.83. The first kappa shape index (κ1) is 15.3. The number of hydrogen-bond acceptors (Lipinski definition) is 5. The summed E-state index contributed by atoms with van der Waals surface area (Å²) in [6, 6.07) is 6.18. The molecule has 1 aromatic carbocycles. The third-order valence-corrected chi connectivity index (χ3v) is 4.03. The van der Waals surface area contributed by atoms with E-state index in [9.17, 15) is 4.39 Å². The number of hydrogen-bond donors (Lipinski definition) is 1. The summed E-state index contributed by atoms with van der Waals surface area (Å²) in [6.07, 6.45) is 2.87. The zero-order chi connectivity index (χ0) is 15.2. The van der Waals surface area contributed by atoms with Crippen molar-refractivity contribution in [2.45, 2.75) is 37.1 Å². The van der Waals surface area contributed by atoms with Gasteiger partial charge in [-0.25, -0.2) is 9.07 Å². The van der Waals surface area contributed by atoms with Gasteiger partial charge in [-0.05, 0) is 24.1 Å². The minimum atomic E-state index is -0.413. The molecule has 5 nitrogen and oxygen atoms in total. The lowest BCUT2D eigenvalue weighted by Crippen LogP contribution is -2.14. The van der Waals surface area contributed by atoms with Gasteiger partial charge in [0.1, 0.15) is 5.82 Å². The number of nitriles is 1. The molecule has 110 valence electrons. The first-order valence-corrected chi connectivity index (χ1v) is 7.65. The summed E-state index contributed by atoms with van der Waals surface area (Å²) < 4.78 is 14.6. The van der Waals surface area contributed by atoms with E-state index in [2.05, 4.69) is 17.1 Å². The van der Waals surface area contributed by atoms with Gasteiger partial charge in [0.15, 0.2) is 5.82 Å². The van der Waals surface area contributed by atoms with Crippen molar-refractivity contribution in [1.29, 1.82) is 5.26 Å². The molecule has 0 fully saturated rings. The normalized spacial score (nSPS) is 10.5. The van der Waals surface area contributed by atoms with Crippen molar-refractivity contribution in [3.05, 3.63) is 41.0 Å². The van der Waals surface area contributed by atoms with Gasteiger partial charge in [0.05, 0.1) is 11.6 Å². The number of nitrogen functional groups attached to an aromatic ring is 1. The first-order valence-electron chi connectivity index (χ1n) is 6.66. The van der Waals surface area contributed by atoms with E-state index in [1.165, 1.54) is 28.6 Å². The van der Waals surface area contributed by atoms with Crippen LogP contribution in [0.1, 0.15) is 36.7 Å². The van der Waals surface area contributed by atoms with Crippen molar-refractivity contribution in [2.24, 2.45) is 0 Å². The van der Waals surface area contributed by atoms with Crippen molar-refractivity contribution in [3.8, 4) is 6.07 Å². The molecule has 0 aliphatic carbocycles. The second-order valence-corrected chi connectivity index (χ2v) is 5.52. The molecule has 0 radical (unpaired) electrons. The molecule has 0 unspecified atom stereocenters. The Bertz CT molecular complexity index is 662. The highest BCUT2D eigenvalue weighted by molar-refractivity contribution is 7.98. The quantitative estimate of drug-likeness (QED) is 0.655. The van der Waals surface area contributed by atoms with Gasteiger partial charge in [0.2, 0.25) is 5.16 Å². The van der Waals surface area contributed by atoms with E-state index >= 15 is 0 Å². The van der Waals surface area contributed by atoms with Gasteiger partial charge in [0, 0.05) is 12.2 Å². The summed E-state index contributed by atoms with van der Waals surface area (Å²) >= 11 is 1.38. The number of rotatable bonds is 6. The Hall–Kier alpha value is -2.07. The van der Waals surface area contributed by atoms with Gasteiger partial charge >= 0.3 is 0 Å². The van der Waals surface area contributed by atoms with Crippen LogP contribution in [-0.4, -0.2) is 14.9 Å². The zero-order valence-electron chi connectivity index (χ0n) is 11.7. The topological polar surface area (TPSA) is 80.5 Å². The molecule has 1 aromatic heterocycles. The minimum absolute atomic E-state index is 0.330. The molecule has 1 heterocycles. The monoisotopic (exact) mass is 305 g/mol. The zero-order valence-corrected chi connectivity index (χ0v) is 12.5. The lowest BCUT2D eigenvalue weighted by atomic mass is 10.1. The molecular weight excluding hydrogens is 289 g/mol. The van der Waals surface area contributed by atoms with E-state index in [1.54, 1.807) is 6.07 Å². The molecule has 0 saturated heterocycles. The van der Waals surface area contributed by atoms with Crippen LogP contribution in [0.25, 0.3) is 0 Å². The third kappa shape index (κ3) is 3.73. The fraction of sp³-hybridized carbons (Fsp3) is 0.357. The van der Waals surface area contributed by atoms with Crippen LogP contribution in [0.15, 0.2) is 23.4 Å². The van der Waals surface area contributed by atoms with Crippen molar-refractivity contribution >= 4 is 11.8 Å². The van der Waals surface area contributed by atoms with Crippen LogP contribution in [0.3, 0.4) is 0 Å². The number of unbranched alkanes of at least 4 members (excludes halogenated alkanes) is 1. The predicted octanol–water partition coefficient (Wildman–Crippen LogP) is 2.64. The summed E-state index contributed by atoms with van der Waals surface area (Å²) in [4.78, 5) is 0. The first-order chi connectivity index (χ1) is 10.2. The number of halogens is 1. The van der Waals surface area contributed by atoms with Crippen LogP contribution in [0, 0.1) is 17.1 Å². The molecule has 2 N–H and O–H groups in total. The number of aromatic nitrogens is 3. The van der Waals surface area contributed by atoms with E-state index in [0.717, 1.165) is 30.7 Å². The van der Waals surface area contributed by atoms with Crippen LogP contribution in [0.4, 0.5) is 4.39 Å². The van der Waals surface area contributed by atoms with E-state index in [-0.39, 0.29) is 0 Å². The standard InChI is InChI=1S/C14H16FN5S/c1-2-3-4-13-18-19-14(20(13)17)21-9-10-5-6-12(15)7-11(10)8-16/h5-7H,2-4,9,17H2,1H3. The summed E-state index contributed by atoms with van der Waals surface area (Å²) in [5.41, 5.74) is 1.08. The molecule has 2 rings (SSSR count). The fourth-order valence-corrected chi connectivity index (χ4v) is 2.71. The largest absolute Gasteiger partial charge is 0.336 e. The lowest BCUT2D eigenvalue weighted by molar-refractivity contribution is 0.627. The Morgan fingerprint density at radius 1 is 1.43 bits per heavy atom. The SMILES string of the molecule is CCCCc1nnc(SCc2ccc(F)cc2C#N)n1N. The second kappa shape index (κ2) is 7.09. The van der Waals surface area contributed by atoms with Gasteiger partial charge < -0.3 is 5.84 Å². The Morgan fingerprint density at radius 2 is 2.24 bits per heavy atom. The van der Waals surface area contributed by atoms with Gasteiger partial charge in [-0.15, -0.1) is 10.2 Å². The Morgan fingerprint density at radius 3 is 2.95 bits per heavy atom. The Balaban J connectivity index is 2.07. The van der Waals surface area contributed by atoms with Crippen molar-refractivity contribution in [3.63, 3.8) is 0 Å². The van der Waals surface area contributed by atoms with Crippen LogP contribution in [0.2, 0.25) is 0 Å². The number of benzene rings is 1. The van der Waals surface area contributed by atoms with Gasteiger partial charge in [-0.3, -0.25) is 0 Å². The maximum atomic E-state index is 13.1. The molecule has 0 atom stereocenters. The van der Waals surface area contributed by atoms with Crippen molar-refractivity contribution in [2.75, 3.05) is 5.84 Å². The van der Waals surface area contributed by atoms with Crippen molar-refractivity contribution < 1.29 is 4.39 Å². The molecule has 7 heteroatoms. The summed E-state index contributed by atoms with van der Waals surface area (Å²) in [6.45, 7) is 2.10. The molecule has 2 aromatic rings. The van der Waals surface area contributed by atoms with E-state index in [1.807, 2.05) is 6.07 Å². The molecular formula is C14H16FN5S. The van der Waals surface area contributed by atoms with Gasteiger partial charge in [-0.1, -0.05) is 31.2 Å². The molecule has 0 amide bonds. The van der Waals surface area contributed by atoms with Crippen LogP contribution in [-0.2, 0) is 12.2 Å². The average Bonchev–Trinajstić information content (AvgIpc) is 2.84.